The molecule has 0 bridgehead atoms. The van der Waals surface area contributed by atoms with Gasteiger partial charge in [-0.1, -0.05) is 12.6 Å². The molecule has 1 amide bonds. The quantitative estimate of drug-likeness (QED) is 0.748. The third-order valence-electron chi connectivity index (χ3n) is 1.26. The van der Waals surface area contributed by atoms with Crippen molar-refractivity contribution in [1.82, 2.24) is 0 Å². The third-order valence-corrected chi connectivity index (χ3v) is 1.52. The lowest BCUT2D eigenvalue weighted by atomic mass is 10.3. The van der Waals surface area contributed by atoms with Crippen molar-refractivity contribution < 1.29 is 9.18 Å². The van der Waals surface area contributed by atoms with Crippen molar-refractivity contribution in [2.24, 2.45) is 0 Å². The van der Waals surface area contributed by atoms with Crippen LogP contribution in [-0.2, 0) is 4.79 Å². The van der Waals surface area contributed by atoms with E-state index in [4.69, 9.17) is 0 Å². The Balaban J connectivity index is 2.64. The predicted molar refractivity (Wildman–Crippen MR) is 47.5 cm³/mol. The first-order chi connectivity index (χ1) is 5.72. The Morgan fingerprint density at radius 1 is 1.42 bits per heavy atom. The van der Waals surface area contributed by atoms with Crippen LogP contribution in [0.2, 0.25) is 0 Å². The topological polar surface area (TPSA) is 29.1 Å². The Hall–Kier alpha value is -1.03. The van der Waals surface area contributed by atoms with Gasteiger partial charge in [-0.15, -0.1) is 0 Å². The fourth-order valence-corrected chi connectivity index (χ4v) is 0.802. The number of amides is 1. The zero-order valence-electron chi connectivity index (χ0n) is 6.21. The minimum atomic E-state index is -0.327. The van der Waals surface area contributed by atoms with Crippen LogP contribution in [0, 0.1) is 5.82 Å². The molecule has 4 heteroatoms. The van der Waals surface area contributed by atoms with Gasteiger partial charge in [-0.3, -0.25) is 4.79 Å². The lowest BCUT2D eigenvalue weighted by Gasteiger charge is -2.01. The van der Waals surface area contributed by atoms with Crippen molar-refractivity contribution >= 4 is 24.2 Å². The van der Waals surface area contributed by atoms with E-state index in [-0.39, 0.29) is 17.5 Å². The van der Waals surface area contributed by atoms with E-state index in [2.05, 4.69) is 17.9 Å². The van der Waals surface area contributed by atoms with Crippen LogP contribution in [0.4, 0.5) is 10.1 Å². The molecule has 1 aromatic rings. The lowest BCUT2D eigenvalue weighted by molar-refractivity contribution is -0.113. The van der Waals surface area contributed by atoms with E-state index in [0.717, 1.165) is 0 Å². The van der Waals surface area contributed by atoms with Gasteiger partial charge in [0.05, 0.1) is 5.75 Å². The molecule has 0 atom stereocenters. The van der Waals surface area contributed by atoms with Gasteiger partial charge in [0.15, 0.2) is 0 Å². The Labute approximate surface area is 75.2 Å². The van der Waals surface area contributed by atoms with E-state index in [9.17, 15) is 9.18 Å². The van der Waals surface area contributed by atoms with E-state index in [1.165, 1.54) is 24.3 Å². The number of halogens is 1. The van der Waals surface area contributed by atoms with Crippen molar-refractivity contribution in [3.8, 4) is 0 Å². The van der Waals surface area contributed by atoms with Gasteiger partial charge in [0.25, 0.3) is 0 Å². The highest BCUT2D eigenvalue weighted by Gasteiger charge is 1.98. The van der Waals surface area contributed by atoms with E-state index >= 15 is 0 Å². The highest BCUT2D eigenvalue weighted by Crippen LogP contribution is 2.07. The molecule has 2 nitrogen and oxygen atoms in total. The predicted octanol–water partition coefficient (Wildman–Crippen LogP) is 1.96. The number of benzene rings is 1. The average Bonchev–Trinajstić information content (AvgIpc) is 2.09. The first kappa shape index (κ1) is 9.06. The van der Waals surface area contributed by atoms with Gasteiger partial charge in [0, 0.05) is 5.69 Å². The Morgan fingerprint density at radius 2 is 2.00 bits per heavy atom. The fourth-order valence-electron chi connectivity index (χ4n) is 0.730. The molecule has 0 fully saturated rings. The molecule has 0 saturated heterocycles. The van der Waals surface area contributed by atoms with Gasteiger partial charge in [-0.2, -0.15) is 0 Å². The average molecular weight is 184 g/mol. The van der Waals surface area contributed by atoms with Gasteiger partial charge in [0.2, 0.25) is 5.91 Å². The molecule has 0 spiro atoms. The maximum atomic E-state index is 12.4. The highest BCUT2D eigenvalue weighted by molar-refractivity contribution is 7.81. The first-order valence-corrected chi connectivity index (χ1v) is 3.93. The van der Waals surface area contributed by atoms with Crippen LogP contribution >= 0.6 is 12.6 Å². The summed E-state index contributed by atoms with van der Waals surface area (Å²) < 4.78 is 12.4. The number of nitrogens with one attached hydrogen (secondary N) is 1. The monoisotopic (exact) mass is 184 g/mol. The molecule has 0 aliphatic carbocycles. The van der Waals surface area contributed by atoms with Gasteiger partial charge in [0.1, 0.15) is 5.82 Å². The molecule has 1 rings (SSSR count). The fraction of sp³-hybridized carbons (Fsp3) is 0.125. The van der Waals surface area contributed by atoms with Crippen molar-refractivity contribution in [1.29, 1.82) is 0 Å². The number of carbonyl (C=O) groups excluding carboxylic acids is 1. The molecule has 0 aromatic heterocycles. The van der Waals surface area contributed by atoms with Crippen LogP contribution in [0.1, 0.15) is 0 Å². The van der Waals surface area contributed by atoms with Crippen LogP contribution in [0.25, 0.3) is 0 Å². The second-order valence-electron chi connectivity index (χ2n) is 2.20. The summed E-state index contributed by atoms with van der Waals surface area (Å²) in [6.45, 7) is 0. The minimum Gasteiger partial charge on any atom is -0.325 e. The van der Waals surface area contributed by atoms with Crippen LogP contribution in [0.5, 0.6) is 0 Å². The summed E-state index contributed by atoms with van der Waals surface area (Å²) in [4.78, 5) is 10.8. The molecular weight excluding hydrogens is 177 g/mol. The second-order valence-corrected chi connectivity index (χ2v) is 2.49. The second kappa shape index (κ2) is 4.11. The SMILES string of the molecule is O=C(C[S])Nc1ccc(F)cc1. The standard InChI is InChI=1S/C8H7FNOS/c9-6-1-3-7(4-2-6)10-8(11)5-12/h1-4H,5H2,(H,10,11). The van der Waals surface area contributed by atoms with Crippen molar-refractivity contribution in [3.63, 3.8) is 0 Å². The summed E-state index contributed by atoms with van der Waals surface area (Å²) in [5.74, 6) is -0.569. The number of anilines is 1. The summed E-state index contributed by atoms with van der Waals surface area (Å²) in [6.07, 6.45) is 0. The summed E-state index contributed by atoms with van der Waals surface area (Å²) in [5, 5.41) is 2.51. The Bertz CT molecular complexity index is 273. The van der Waals surface area contributed by atoms with Crippen molar-refractivity contribution in [3.05, 3.63) is 30.1 Å². The van der Waals surface area contributed by atoms with E-state index < -0.39 is 0 Å². The third kappa shape index (κ3) is 2.54. The summed E-state index contributed by atoms with van der Waals surface area (Å²) in [7, 11) is 0. The van der Waals surface area contributed by atoms with Crippen molar-refractivity contribution in [2.75, 3.05) is 11.1 Å². The molecule has 12 heavy (non-hydrogen) atoms. The lowest BCUT2D eigenvalue weighted by Crippen LogP contribution is -2.12. The zero-order chi connectivity index (χ0) is 8.97. The molecule has 63 valence electrons. The van der Waals surface area contributed by atoms with Crippen LogP contribution < -0.4 is 5.32 Å². The molecule has 1 N–H and O–H groups in total. The molecule has 0 aliphatic rings. The molecule has 0 saturated carbocycles. The highest BCUT2D eigenvalue weighted by atomic mass is 32.1. The first-order valence-electron chi connectivity index (χ1n) is 3.36. The minimum absolute atomic E-state index is 0.0113. The Morgan fingerprint density at radius 3 is 2.50 bits per heavy atom. The van der Waals surface area contributed by atoms with Gasteiger partial charge >= 0.3 is 0 Å². The summed E-state index contributed by atoms with van der Waals surface area (Å²) in [5.41, 5.74) is 0.561. The zero-order valence-corrected chi connectivity index (χ0v) is 7.03. The Kier molecular flexibility index (Phi) is 3.10. The molecule has 1 radical (unpaired) electrons. The van der Waals surface area contributed by atoms with Crippen LogP contribution in [-0.4, -0.2) is 11.7 Å². The maximum absolute atomic E-state index is 12.4. The summed E-state index contributed by atoms with van der Waals surface area (Å²) >= 11 is 4.51. The largest absolute Gasteiger partial charge is 0.325 e. The van der Waals surface area contributed by atoms with E-state index in [1.807, 2.05) is 0 Å². The molecular formula is C8H7FNOS. The van der Waals surface area contributed by atoms with Gasteiger partial charge < -0.3 is 5.32 Å². The number of hydrogen-bond donors (Lipinski definition) is 1. The van der Waals surface area contributed by atoms with Crippen LogP contribution in [0.15, 0.2) is 24.3 Å². The van der Waals surface area contributed by atoms with Gasteiger partial charge in [-0.25, -0.2) is 4.39 Å². The van der Waals surface area contributed by atoms with Crippen LogP contribution in [0.3, 0.4) is 0 Å². The number of hydrogen-bond acceptors (Lipinski definition) is 1. The smallest absolute Gasteiger partial charge is 0.235 e. The van der Waals surface area contributed by atoms with E-state index in [0.29, 0.717) is 5.69 Å². The summed E-state index contributed by atoms with van der Waals surface area (Å²) in [6, 6.07) is 5.52. The number of rotatable bonds is 2. The van der Waals surface area contributed by atoms with E-state index in [1.54, 1.807) is 0 Å². The molecule has 0 unspecified atom stereocenters. The number of carbonyl (C=O) groups is 1. The molecule has 0 aliphatic heterocycles. The van der Waals surface area contributed by atoms with Gasteiger partial charge in [-0.05, 0) is 24.3 Å². The molecule has 1 aromatic carbocycles. The molecule has 0 heterocycles. The van der Waals surface area contributed by atoms with Crippen molar-refractivity contribution in [2.45, 2.75) is 0 Å². The maximum Gasteiger partial charge on any atom is 0.235 e. The normalized spacial score (nSPS) is 9.50.